The predicted octanol–water partition coefficient (Wildman–Crippen LogP) is 1.54. The highest BCUT2D eigenvalue weighted by Crippen LogP contribution is 2.19. The van der Waals surface area contributed by atoms with Crippen LogP contribution in [0.2, 0.25) is 0 Å². The summed E-state index contributed by atoms with van der Waals surface area (Å²) in [6.07, 6.45) is -0.328. The van der Waals surface area contributed by atoms with E-state index < -0.39 is 27.4 Å². The van der Waals surface area contributed by atoms with Crippen LogP contribution in [0.25, 0.3) is 0 Å². The highest BCUT2D eigenvalue weighted by Gasteiger charge is 2.21. The maximum atomic E-state index is 13.6. The summed E-state index contributed by atoms with van der Waals surface area (Å²) in [6.45, 7) is 5.28. The van der Waals surface area contributed by atoms with E-state index in [9.17, 15) is 17.6 Å². The zero-order valence-corrected chi connectivity index (χ0v) is 12.8. The average molecular weight is 319 g/mol. The van der Waals surface area contributed by atoms with Gasteiger partial charge in [-0.05, 0) is 38.5 Å². The molecule has 2 N–H and O–H groups in total. The fourth-order valence-corrected chi connectivity index (χ4v) is 2.93. The normalized spacial score (nSPS) is 13.1. The molecule has 0 saturated carbocycles. The van der Waals surface area contributed by atoms with E-state index in [1.54, 1.807) is 13.8 Å². The lowest BCUT2D eigenvalue weighted by molar-refractivity contribution is 0.0691. The van der Waals surface area contributed by atoms with Crippen molar-refractivity contribution in [2.75, 3.05) is 13.2 Å². The first-order valence-electron chi connectivity index (χ1n) is 6.33. The molecular weight excluding hydrogens is 301 g/mol. The third kappa shape index (κ3) is 4.48. The lowest BCUT2D eigenvalue weighted by Crippen LogP contribution is -2.32. The third-order valence-electron chi connectivity index (χ3n) is 2.78. The Morgan fingerprint density at radius 1 is 1.48 bits per heavy atom. The van der Waals surface area contributed by atoms with Gasteiger partial charge in [0.1, 0.15) is 5.82 Å². The topological polar surface area (TPSA) is 92.7 Å². The summed E-state index contributed by atoms with van der Waals surface area (Å²) in [5.74, 6) is -2.46. The summed E-state index contributed by atoms with van der Waals surface area (Å²) in [6, 6.07) is 1.90. The van der Waals surface area contributed by atoms with Crippen molar-refractivity contribution in [3.63, 3.8) is 0 Å². The molecule has 1 aromatic carbocycles. The van der Waals surface area contributed by atoms with Gasteiger partial charge in [-0.15, -0.1) is 0 Å². The van der Waals surface area contributed by atoms with Crippen molar-refractivity contribution < 1.29 is 27.4 Å². The number of benzene rings is 1. The molecule has 0 aromatic heterocycles. The van der Waals surface area contributed by atoms with Crippen LogP contribution in [-0.2, 0) is 14.8 Å². The lowest BCUT2D eigenvalue weighted by atomic mass is 10.1. The minimum atomic E-state index is -3.93. The molecule has 0 radical (unpaired) electrons. The molecule has 1 aromatic rings. The van der Waals surface area contributed by atoms with Gasteiger partial charge in [-0.2, -0.15) is 0 Å². The zero-order valence-electron chi connectivity index (χ0n) is 12.0. The minimum absolute atomic E-state index is 0.0367. The Morgan fingerprint density at radius 2 is 2.10 bits per heavy atom. The van der Waals surface area contributed by atoms with E-state index in [0.717, 1.165) is 12.1 Å². The molecule has 0 saturated heterocycles. The van der Waals surface area contributed by atoms with Crippen LogP contribution in [0, 0.1) is 12.7 Å². The van der Waals surface area contributed by atoms with Crippen LogP contribution in [0.5, 0.6) is 0 Å². The van der Waals surface area contributed by atoms with E-state index in [-0.39, 0.29) is 23.1 Å². The van der Waals surface area contributed by atoms with Gasteiger partial charge in [0.05, 0.1) is 16.6 Å². The standard InChI is InChI=1S/C13H18FNO5S/c1-4-20-9(3)7-15-21(18,19)10-5-8(2)12(14)11(6-10)13(16)17/h5-6,9,15H,4,7H2,1-3H3,(H,16,17). The average Bonchev–Trinajstić information content (AvgIpc) is 2.39. The Morgan fingerprint density at radius 3 is 2.62 bits per heavy atom. The van der Waals surface area contributed by atoms with Gasteiger partial charge in [-0.25, -0.2) is 22.3 Å². The van der Waals surface area contributed by atoms with Crippen molar-refractivity contribution in [3.05, 3.63) is 29.1 Å². The predicted molar refractivity (Wildman–Crippen MR) is 74.4 cm³/mol. The highest BCUT2D eigenvalue weighted by atomic mass is 32.2. The molecule has 6 nitrogen and oxygen atoms in total. The Hall–Kier alpha value is -1.51. The summed E-state index contributed by atoms with van der Waals surface area (Å²) in [5, 5.41) is 8.89. The van der Waals surface area contributed by atoms with Crippen LogP contribution in [0.3, 0.4) is 0 Å². The number of rotatable bonds is 7. The highest BCUT2D eigenvalue weighted by molar-refractivity contribution is 7.89. The van der Waals surface area contributed by atoms with E-state index >= 15 is 0 Å². The molecule has 0 aliphatic rings. The van der Waals surface area contributed by atoms with Crippen molar-refractivity contribution in [3.8, 4) is 0 Å². The SMILES string of the molecule is CCOC(C)CNS(=O)(=O)c1cc(C)c(F)c(C(=O)O)c1. The largest absolute Gasteiger partial charge is 0.478 e. The number of carboxylic acid groups (broad SMARTS) is 1. The number of hydrogen-bond acceptors (Lipinski definition) is 4. The summed E-state index contributed by atoms with van der Waals surface area (Å²) < 4.78 is 45.3. The zero-order chi connectivity index (χ0) is 16.2. The second kappa shape index (κ2) is 6.97. The first kappa shape index (κ1) is 17.5. The van der Waals surface area contributed by atoms with Gasteiger partial charge in [0, 0.05) is 13.2 Å². The molecule has 8 heteroatoms. The van der Waals surface area contributed by atoms with Crippen molar-refractivity contribution in [1.82, 2.24) is 4.72 Å². The van der Waals surface area contributed by atoms with Gasteiger partial charge in [-0.1, -0.05) is 0 Å². The van der Waals surface area contributed by atoms with Gasteiger partial charge < -0.3 is 9.84 Å². The van der Waals surface area contributed by atoms with Gasteiger partial charge in [0.25, 0.3) is 0 Å². The van der Waals surface area contributed by atoms with Crippen LogP contribution in [-0.4, -0.2) is 38.7 Å². The van der Waals surface area contributed by atoms with Gasteiger partial charge in [0.2, 0.25) is 10.0 Å². The number of nitrogens with one attached hydrogen (secondary N) is 1. The number of aromatic carboxylic acids is 1. The van der Waals surface area contributed by atoms with Crippen molar-refractivity contribution in [2.24, 2.45) is 0 Å². The van der Waals surface area contributed by atoms with Gasteiger partial charge in [0.15, 0.2) is 0 Å². The molecule has 0 aliphatic carbocycles. The van der Waals surface area contributed by atoms with E-state index in [0.29, 0.717) is 6.61 Å². The van der Waals surface area contributed by atoms with Gasteiger partial charge >= 0.3 is 5.97 Å². The smallest absolute Gasteiger partial charge is 0.338 e. The number of carbonyl (C=O) groups is 1. The molecule has 0 aliphatic heterocycles. The van der Waals surface area contributed by atoms with Crippen LogP contribution in [0.15, 0.2) is 17.0 Å². The fourth-order valence-electron chi connectivity index (χ4n) is 1.70. The quantitative estimate of drug-likeness (QED) is 0.795. The Kier molecular flexibility index (Phi) is 5.82. The molecule has 1 atom stereocenters. The van der Waals surface area contributed by atoms with Crippen molar-refractivity contribution in [2.45, 2.75) is 31.8 Å². The number of sulfonamides is 1. The van der Waals surface area contributed by atoms with Gasteiger partial charge in [-0.3, -0.25) is 0 Å². The van der Waals surface area contributed by atoms with Crippen molar-refractivity contribution in [1.29, 1.82) is 0 Å². The second-order valence-corrected chi connectivity index (χ2v) is 6.29. The monoisotopic (exact) mass is 319 g/mol. The van der Waals surface area contributed by atoms with E-state index in [1.807, 2.05) is 0 Å². The molecule has 0 spiro atoms. The first-order chi connectivity index (χ1) is 9.69. The molecule has 118 valence electrons. The summed E-state index contributed by atoms with van der Waals surface area (Å²) >= 11 is 0. The van der Waals surface area contributed by atoms with E-state index in [1.165, 1.54) is 6.92 Å². The molecule has 0 bridgehead atoms. The Labute approximate surface area is 123 Å². The van der Waals surface area contributed by atoms with Crippen LogP contribution >= 0.6 is 0 Å². The molecule has 21 heavy (non-hydrogen) atoms. The van der Waals surface area contributed by atoms with Crippen molar-refractivity contribution >= 4 is 16.0 Å². The number of carboxylic acids is 1. The Balaban J connectivity index is 3.06. The summed E-state index contributed by atoms with van der Waals surface area (Å²) in [4.78, 5) is 10.6. The minimum Gasteiger partial charge on any atom is -0.478 e. The molecule has 0 amide bonds. The number of ether oxygens (including phenoxy) is 1. The summed E-state index contributed by atoms with van der Waals surface area (Å²) in [5.41, 5.74) is -0.721. The molecule has 1 unspecified atom stereocenters. The summed E-state index contributed by atoms with van der Waals surface area (Å²) in [7, 11) is -3.93. The first-order valence-corrected chi connectivity index (χ1v) is 7.82. The van der Waals surface area contributed by atoms with E-state index in [4.69, 9.17) is 9.84 Å². The molecule has 1 rings (SSSR count). The van der Waals surface area contributed by atoms with Crippen LogP contribution in [0.1, 0.15) is 29.8 Å². The maximum absolute atomic E-state index is 13.6. The van der Waals surface area contributed by atoms with E-state index in [2.05, 4.69) is 4.72 Å². The molecule has 0 heterocycles. The second-order valence-electron chi connectivity index (χ2n) is 4.52. The van der Waals surface area contributed by atoms with Crippen LogP contribution < -0.4 is 4.72 Å². The third-order valence-corrected chi connectivity index (χ3v) is 4.18. The number of hydrogen-bond donors (Lipinski definition) is 2. The lowest BCUT2D eigenvalue weighted by Gasteiger charge is -2.14. The number of aryl methyl sites for hydroxylation is 1. The maximum Gasteiger partial charge on any atom is 0.338 e. The van der Waals surface area contributed by atoms with Crippen LogP contribution in [0.4, 0.5) is 4.39 Å². The molecular formula is C13H18FNO5S. The Bertz CT molecular complexity index is 630. The fraction of sp³-hybridized carbons (Fsp3) is 0.462. The number of halogens is 1. The molecule has 0 fully saturated rings.